The molecule has 0 aliphatic carbocycles. The molecule has 0 N–H and O–H groups in total. The van der Waals surface area contributed by atoms with Gasteiger partial charge in [0.05, 0.1) is 7.11 Å². The smallest absolute Gasteiger partial charge is 0.322 e. The van der Waals surface area contributed by atoms with Gasteiger partial charge in [0.25, 0.3) is 0 Å². The van der Waals surface area contributed by atoms with Crippen LogP contribution in [0, 0.1) is 0 Å². The van der Waals surface area contributed by atoms with Crippen molar-refractivity contribution in [3.05, 3.63) is 5.28 Å². The van der Waals surface area contributed by atoms with Crippen LogP contribution >= 0.6 is 11.6 Å². The summed E-state index contributed by atoms with van der Waals surface area (Å²) in [5, 5.41) is 0.164. The first-order valence-electron chi connectivity index (χ1n) is 5.41. The number of hydrogen-bond acceptors (Lipinski definition) is 5. The van der Waals surface area contributed by atoms with Crippen molar-refractivity contribution < 1.29 is 4.74 Å². The van der Waals surface area contributed by atoms with Crippen molar-refractivity contribution in [1.82, 2.24) is 15.0 Å². The van der Waals surface area contributed by atoms with Crippen LogP contribution in [-0.2, 0) is 0 Å². The average Bonchev–Trinajstić information content (AvgIpc) is 2.29. The molecule has 16 heavy (non-hydrogen) atoms. The van der Waals surface area contributed by atoms with E-state index in [9.17, 15) is 0 Å². The maximum atomic E-state index is 5.79. The molecule has 6 heteroatoms. The Morgan fingerprint density at radius 3 is 2.56 bits per heavy atom. The Morgan fingerprint density at radius 2 is 2.00 bits per heavy atom. The predicted octanol–water partition coefficient (Wildman–Crippen LogP) is 2.16. The van der Waals surface area contributed by atoms with Crippen LogP contribution in [-0.4, -0.2) is 35.2 Å². The summed E-state index contributed by atoms with van der Waals surface area (Å²) in [5.74, 6) is 0.577. The molecule has 90 valence electrons. The summed E-state index contributed by atoms with van der Waals surface area (Å²) in [7, 11) is 1.51. The average molecular weight is 245 g/mol. The molecule has 1 rings (SSSR count). The van der Waals surface area contributed by atoms with Gasteiger partial charge in [0.15, 0.2) is 0 Å². The van der Waals surface area contributed by atoms with E-state index >= 15 is 0 Å². The molecule has 0 saturated heterocycles. The first-order valence-corrected chi connectivity index (χ1v) is 5.79. The van der Waals surface area contributed by atoms with Crippen molar-refractivity contribution in [3.8, 4) is 6.01 Å². The molecule has 0 spiro atoms. The molecule has 0 bridgehead atoms. The van der Waals surface area contributed by atoms with Gasteiger partial charge < -0.3 is 9.64 Å². The zero-order valence-corrected chi connectivity index (χ0v) is 10.7. The lowest BCUT2D eigenvalue weighted by molar-refractivity contribution is 0.378. The molecule has 1 aromatic rings. The van der Waals surface area contributed by atoms with E-state index in [-0.39, 0.29) is 11.3 Å². The second-order valence-corrected chi connectivity index (χ2v) is 3.66. The fraction of sp³-hybridized carbons (Fsp3) is 0.700. The topological polar surface area (TPSA) is 51.1 Å². The highest BCUT2D eigenvalue weighted by Crippen LogP contribution is 2.15. The molecule has 0 unspecified atom stereocenters. The van der Waals surface area contributed by atoms with E-state index in [4.69, 9.17) is 16.3 Å². The SMILES string of the molecule is CCCCN(CC)c1nc(Cl)nc(OC)n1. The van der Waals surface area contributed by atoms with E-state index in [0.717, 1.165) is 25.9 Å². The van der Waals surface area contributed by atoms with Crippen LogP contribution in [0.3, 0.4) is 0 Å². The summed E-state index contributed by atoms with van der Waals surface area (Å²) < 4.78 is 4.96. The van der Waals surface area contributed by atoms with Crippen molar-refractivity contribution in [2.24, 2.45) is 0 Å². The Labute approximate surface area is 101 Å². The minimum Gasteiger partial charge on any atom is -0.467 e. The van der Waals surface area contributed by atoms with Gasteiger partial charge in [-0.25, -0.2) is 0 Å². The first-order chi connectivity index (χ1) is 7.71. The molecule has 0 aromatic carbocycles. The van der Waals surface area contributed by atoms with Gasteiger partial charge in [-0.2, -0.15) is 15.0 Å². The molecular weight excluding hydrogens is 228 g/mol. The molecule has 0 atom stereocenters. The van der Waals surface area contributed by atoms with Gasteiger partial charge in [0.1, 0.15) is 0 Å². The lowest BCUT2D eigenvalue weighted by atomic mass is 10.3. The van der Waals surface area contributed by atoms with E-state index in [0.29, 0.717) is 5.95 Å². The number of aromatic nitrogens is 3. The Hall–Kier alpha value is -1.10. The summed E-state index contributed by atoms with van der Waals surface area (Å²) in [5.41, 5.74) is 0. The van der Waals surface area contributed by atoms with Gasteiger partial charge in [-0.1, -0.05) is 13.3 Å². The van der Waals surface area contributed by atoms with Crippen molar-refractivity contribution in [3.63, 3.8) is 0 Å². The fourth-order valence-electron chi connectivity index (χ4n) is 1.30. The molecule has 0 radical (unpaired) electrons. The summed E-state index contributed by atoms with van der Waals surface area (Å²) in [6, 6.07) is 0.255. The Morgan fingerprint density at radius 1 is 1.25 bits per heavy atom. The molecule has 0 fully saturated rings. The van der Waals surface area contributed by atoms with Crippen LogP contribution in [0.25, 0.3) is 0 Å². The van der Waals surface area contributed by atoms with E-state index in [1.54, 1.807) is 0 Å². The Bertz CT molecular complexity index is 335. The standard InChI is InChI=1S/C10H17ClN4O/c1-4-6-7-15(5-2)9-12-8(11)13-10(14-9)16-3/h4-7H2,1-3H3. The fourth-order valence-corrected chi connectivity index (χ4v) is 1.45. The van der Waals surface area contributed by atoms with Crippen molar-refractivity contribution in [2.75, 3.05) is 25.1 Å². The third kappa shape index (κ3) is 3.48. The highest BCUT2D eigenvalue weighted by atomic mass is 35.5. The first kappa shape index (κ1) is 13.0. The molecule has 0 amide bonds. The van der Waals surface area contributed by atoms with Crippen LogP contribution in [0.4, 0.5) is 5.95 Å². The van der Waals surface area contributed by atoms with Crippen LogP contribution in [0.15, 0.2) is 0 Å². The highest BCUT2D eigenvalue weighted by molar-refractivity contribution is 6.28. The van der Waals surface area contributed by atoms with Crippen LogP contribution in [0.1, 0.15) is 26.7 Å². The zero-order chi connectivity index (χ0) is 12.0. The number of anilines is 1. The predicted molar refractivity (Wildman–Crippen MR) is 64.2 cm³/mol. The number of ether oxygens (including phenoxy) is 1. The number of halogens is 1. The molecule has 0 aliphatic heterocycles. The van der Waals surface area contributed by atoms with Crippen LogP contribution in [0.5, 0.6) is 6.01 Å². The number of methoxy groups -OCH3 is 1. The van der Waals surface area contributed by atoms with Crippen LogP contribution in [0.2, 0.25) is 5.28 Å². The van der Waals surface area contributed by atoms with Crippen LogP contribution < -0.4 is 9.64 Å². The summed E-state index contributed by atoms with van der Waals surface area (Å²) in [6.07, 6.45) is 2.23. The molecular formula is C10H17ClN4O. The highest BCUT2D eigenvalue weighted by Gasteiger charge is 2.11. The van der Waals surface area contributed by atoms with Gasteiger partial charge >= 0.3 is 6.01 Å². The van der Waals surface area contributed by atoms with Gasteiger partial charge in [0, 0.05) is 13.1 Å². The van der Waals surface area contributed by atoms with E-state index in [2.05, 4.69) is 33.7 Å². The second kappa shape index (κ2) is 6.48. The largest absolute Gasteiger partial charge is 0.467 e. The third-order valence-electron chi connectivity index (χ3n) is 2.20. The Kier molecular flexibility index (Phi) is 5.25. The van der Waals surface area contributed by atoms with E-state index in [1.165, 1.54) is 7.11 Å². The molecule has 0 aliphatic rings. The number of hydrogen-bond donors (Lipinski definition) is 0. The maximum Gasteiger partial charge on any atom is 0.322 e. The minimum atomic E-state index is 0.164. The summed E-state index contributed by atoms with van der Waals surface area (Å²) >= 11 is 5.79. The quantitative estimate of drug-likeness (QED) is 0.768. The molecule has 0 saturated carbocycles. The monoisotopic (exact) mass is 244 g/mol. The third-order valence-corrected chi connectivity index (χ3v) is 2.37. The normalized spacial score (nSPS) is 10.2. The number of rotatable bonds is 6. The van der Waals surface area contributed by atoms with Gasteiger partial charge in [-0.05, 0) is 24.9 Å². The number of nitrogens with zero attached hydrogens (tertiary/aromatic N) is 4. The second-order valence-electron chi connectivity index (χ2n) is 3.32. The zero-order valence-electron chi connectivity index (χ0n) is 9.90. The van der Waals surface area contributed by atoms with E-state index in [1.807, 2.05) is 0 Å². The van der Waals surface area contributed by atoms with Gasteiger partial charge in [0.2, 0.25) is 11.2 Å². The summed E-state index contributed by atoms with van der Waals surface area (Å²) in [6.45, 7) is 5.95. The van der Waals surface area contributed by atoms with E-state index < -0.39 is 0 Å². The van der Waals surface area contributed by atoms with Crippen molar-refractivity contribution >= 4 is 17.5 Å². The summed E-state index contributed by atoms with van der Waals surface area (Å²) in [4.78, 5) is 14.2. The molecule has 1 heterocycles. The lowest BCUT2D eigenvalue weighted by Gasteiger charge is -2.20. The lowest BCUT2D eigenvalue weighted by Crippen LogP contribution is -2.26. The number of unbranched alkanes of at least 4 members (excludes halogenated alkanes) is 1. The van der Waals surface area contributed by atoms with Crippen molar-refractivity contribution in [1.29, 1.82) is 0 Å². The maximum absolute atomic E-state index is 5.79. The van der Waals surface area contributed by atoms with Crippen molar-refractivity contribution in [2.45, 2.75) is 26.7 Å². The van der Waals surface area contributed by atoms with Gasteiger partial charge in [-0.15, -0.1) is 0 Å². The molecule has 5 nitrogen and oxygen atoms in total. The molecule has 1 aromatic heterocycles. The Balaban J connectivity index is 2.86. The minimum absolute atomic E-state index is 0.164. The van der Waals surface area contributed by atoms with Gasteiger partial charge in [-0.3, -0.25) is 0 Å².